The van der Waals surface area contributed by atoms with Gasteiger partial charge in [-0.25, -0.2) is 4.39 Å². The molecule has 0 heterocycles. The molecule has 0 aliphatic rings. The summed E-state index contributed by atoms with van der Waals surface area (Å²) in [4.78, 5) is 2.36. The highest BCUT2D eigenvalue weighted by Crippen LogP contribution is 2.17. The van der Waals surface area contributed by atoms with E-state index in [4.69, 9.17) is 0 Å². The van der Waals surface area contributed by atoms with Gasteiger partial charge in [-0.05, 0) is 56.9 Å². The summed E-state index contributed by atoms with van der Waals surface area (Å²) >= 11 is 1.88. The number of hydrogen-bond donors (Lipinski definition) is 1. The predicted molar refractivity (Wildman–Crippen MR) is 87.9 cm³/mol. The van der Waals surface area contributed by atoms with Crippen LogP contribution in [0.15, 0.2) is 24.3 Å². The van der Waals surface area contributed by atoms with E-state index in [0.29, 0.717) is 6.04 Å². The predicted octanol–water partition coefficient (Wildman–Crippen LogP) is 3.55. The fraction of sp³-hybridized carbons (Fsp3) is 0.625. The molecule has 4 heteroatoms. The van der Waals surface area contributed by atoms with Gasteiger partial charge in [-0.1, -0.05) is 19.1 Å². The Balaban J connectivity index is 2.53. The van der Waals surface area contributed by atoms with Crippen LogP contribution in [0.3, 0.4) is 0 Å². The van der Waals surface area contributed by atoms with E-state index in [1.54, 1.807) is 12.1 Å². The highest BCUT2D eigenvalue weighted by molar-refractivity contribution is 7.98. The van der Waals surface area contributed by atoms with Crippen LogP contribution in [-0.4, -0.2) is 43.6 Å². The van der Waals surface area contributed by atoms with Gasteiger partial charge >= 0.3 is 0 Å². The van der Waals surface area contributed by atoms with Gasteiger partial charge < -0.3 is 10.2 Å². The highest BCUT2D eigenvalue weighted by Gasteiger charge is 2.11. The lowest BCUT2D eigenvalue weighted by molar-refractivity contribution is 0.323. The van der Waals surface area contributed by atoms with E-state index in [-0.39, 0.29) is 5.82 Å². The average Bonchev–Trinajstić information content (AvgIpc) is 2.46. The maximum atomic E-state index is 13.0. The fourth-order valence-electron chi connectivity index (χ4n) is 2.11. The summed E-state index contributed by atoms with van der Waals surface area (Å²) in [7, 11) is 2.16. The molecule has 1 atom stereocenters. The molecule has 0 bridgehead atoms. The molecule has 0 aliphatic heterocycles. The minimum absolute atomic E-state index is 0.167. The molecule has 1 rings (SSSR count). The molecule has 0 saturated heterocycles. The third-order valence-corrected chi connectivity index (χ3v) is 3.98. The lowest BCUT2D eigenvalue weighted by Crippen LogP contribution is -2.29. The quantitative estimate of drug-likeness (QED) is 0.711. The van der Waals surface area contributed by atoms with E-state index in [1.807, 2.05) is 23.9 Å². The molecule has 2 nitrogen and oxygen atoms in total. The Labute approximate surface area is 127 Å². The maximum Gasteiger partial charge on any atom is 0.123 e. The molecule has 0 spiro atoms. The van der Waals surface area contributed by atoms with Gasteiger partial charge in [0.1, 0.15) is 5.82 Å². The minimum atomic E-state index is -0.167. The van der Waals surface area contributed by atoms with Crippen LogP contribution in [0.25, 0.3) is 0 Å². The molecule has 0 aliphatic carbocycles. The maximum absolute atomic E-state index is 13.0. The molecular weight excluding hydrogens is 271 g/mol. The van der Waals surface area contributed by atoms with E-state index >= 15 is 0 Å². The van der Waals surface area contributed by atoms with Gasteiger partial charge in [0.25, 0.3) is 0 Å². The Bertz CT molecular complexity index is 356. The van der Waals surface area contributed by atoms with Crippen molar-refractivity contribution in [3.05, 3.63) is 35.6 Å². The standard InChI is InChI=1S/C16H27FN2S/c1-4-10-18-16(9-11-19(2)12-13-20-3)14-5-7-15(17)8-6-14/h5-8,16,18H,4,9-13H2,1-3H3. The van der Waals surface area contributed by atoms with Gasteiger partial charge in [-0.15, -0.1) is 0 Å². The van der Waals surface area contributed by atoms with E-state index < -0.39 is 0 Å². The van der Waals surface area contributed by atoms with E-state index in [2.05, 4.69) is 30.4 Å². The second kappa shape index (κ2) is 10.2. The van der Waals surface area contributed by atoms with Crippen molar-refractivity contribution >= 4 is 11.8 Å². The second-order valence-electron chi connectivity index (χ2n) is 5.14. The van der Waals surface area contributed by atoms with Gasteiger partial charge in [0.2, 0.25) is 0 Å². The van der Waals surface area contributed by atoms with E-state index in [0.717, 1.165) is 32.5 Å². The Morgan fingerprint density at radius 1 is 1.25 bits per heavy atom. The first-order valence-electron chi connectivity index (χ1n) is 7.33. The summed E-state index contributed by atoms with van der Waals surface area (Å²) in [5.74, 6) is 1.00. The van der Waals surface area contributed by atoms with Crippen LogP contribution >= 0.6 is 11.8 Å². The zero-order valence-electron chi connectivity index (χ0n) is 12.9. The first-order valence-corrected chi connectivity index (χ1v) is 8.73. The first kappa shape index (κ1) is 17.5. The Morgan fingerprint density at radius 2 is 1.95 bits per heavy atom. The first-order chi connectivity index (χ1) is 9.67. The third kappa shape index (κ3) is 6.73. The summed E-state index contributed by atoms with van der Waals surface area (Å²) in [6.45, 7) is 5.33. The molecule has 1 N–H and O–H groups in total. The van der Waals surface area contributed by atoms with Crippen molar-refractivity contribution < 1.29 is 4.39 Å². The topological polar surface area (TPSA) is 15.3 Å². The van der Waals surface area contributed by atoms with Crippen molar-refractivity contribution in [1.82, 2.24) is 10.2 Å². The van der Waals surface area contributed by atoms with Crippen LogP contribution in [0.4, 0.5) is 4.39 Å². The molecule has 0 amide bonds. The summed E-state index contributed by atoms with van der Waals surface area (Å²) in [6, 6.07) is 7.20. The fourth-order valence-corrected chi connectivity index (χ4v) is 2.60. The van der Waals surface area contributed by atoms with Crippen LogP contribution in [-0.2, 0) is 0 Å². The van der Waals surface area contributed by atoms with Crippen molar-refractivity contribution in [2.24, 2.45) is 0 Å². The van der Waals surface area contributed by atoms with Crippen LogP contribution in [0.2, 0.25) is 0 Å². The highest BCUT2D eigenvalue weighted by atomic mass is 32.2. The number of thioether (sulfide) groups is 1. The van der Waals surface area contributed by atoms with Crippen molar-refractivity contribution in [3.8, 4) is 0 Å². The zero-order valence-corrected chi connectivity index (χ0v) is 13.7. The number of nitrogens with zero attached hydrogens (tertiary/aromatic N) is 1. The molecule has 20 heavy (non-hydrogen) atoms. The lowest BCUT2D eigenvalue weighted by Gasteiger charge is -2.23. The van der Waals surface area contributed by atoms with Gasteiger partial charge in [0.05, 0.1) is 0 Å². The van der Waals surface area contributed by atoms with Crippen molar-refractivity contribution in [3.63, 3.8) is 0 Å². The van der Waals surface area contributed by atoms with Gasteiger partial charge in [-0.3, -0.25) is 0 Å². The Kier molecular flexibility index (Phi) is 8.90. The normalized spacial score (nSPS) is 12.8. The SMILES string of the molecule is CCCNC(CCN(C)CCSC)c1ccc(F)cc1. The molecule has 114 valence electrons. The van der Waals surface area contributed by atoms with Crippen molar-refractivity contribution in [2.45, 2.75) is 25.8 Å². The van der Waals surface area contributed by atoms with Crippen molar-refractivity contribution in [1.29, 1.82) is 0 Å². The van der Waals surface area contributed by atoms with E-state index in [9.17, 15) is 4.39 Å². The number of nitrogens with one attached hydrogen (secondary N) is 1. The van der Waals surface area contributed by atoms with Crippen LogP contribution in [0, 0.1) is 5.82 Å². The van der Waals surface area contributed by atoms with Crippen LogP contribution in [0.5, 0.6) is 0 Å². The third-order valence-electron chi connectivity index (χ3n) is 3.39. The van der Waals surface area contributed by atoms with Crippen LogP contribution < -0.4 is 5.32 Å². The Hall–Kier alpha value is -0.580. The molecule has 0 radical (unpaired) electrons. The lowest BCUT2D eigenvalue weighted by atomic mass is 10.0. The molecule has 0 saturated carbocycles. The number of rotatable bonds is 10. The molecule has 1 unspecified atom stereocenters. The molecule has 1 aromatic carbocycles. The largest absolute Gasteiger partial charge is 0.310 e. The smallest absolute Gasteiger partial charge is 0.123 e. The zero-order chi connectivity index (χ0) is 14.8. The van der Waals surface area contributed by atoms with Crippen molar-refractivity contribution in [2.75, 3.05) is 38.7 Å². The molecular formula is C16H27FN2S. The molecule has 1 aromatic rings. The summed E-state index contributed by atoms with van der Waals surface area (Å²) in [6.07, 6.45) is 4.30. The summed E-state index contributed by atoms with van der Waals surface area (Å²) in [5, 5.41) is 3.56. The Morgan fingerprint density at radius 3 is 2.55 bits per heavy atom. The number of hydrogen-bond acceptors (Lipinski definition) is 3. The van der Waals surface area contributed by atoms with Gasteiger partial charge in [0, 0.05) is 18.3 Å². The monoisotopic (exact) mass is 298 g/mol. The van der Waals surface area contributed by atoms with E-state index in [1.165, 1.54) is 11.3 Å². The molecule has 0 fully saturated rings. The second-order valence-corrected chi connectivity index (χ2v) is 6.13. The average molecular weight is 298 g/mol. The number of halogens is 1. The number of benzene rings is 1. The summed E-state index contributed by atoms with van der Waals surface area (Å²) in [5.41, 5.74) is 1.18. The molecule has 0 aromatic heterocycles. The summed E-state index contributed by atoms with van der Waals surface area (Å²) < 4.78 is 13.0. The minimum Gasteiger partial charge on any atom is -0.310 e. The van der Waals surface area contributed by atoms with Gasteiger partial charge in [0.15, 0.2) is 0 Å². The van der Waals surface area contributed by atoms with Gasteiger partial charge in [-0.2, -0.15) is 11.8 Å². The van der Waals surface area contributed by atoms with Crippen LogP contribution in [0.1, 0.15) is 31.4 Å².